The number of hydrogen-bond acceptors (Lipinski definition) is 1. The molecule has 3 aromatic heterocycles. The Morgan fingerprint density at radius 1 is 0.535 bits per heavy atom. The summed E-state index contributed by atoms with van der Waals surface area (Å²) in [5, 5.41) is 4.14. The first-order valence-corrected chi connectivity index (χ1v) is 23.0. The smallest absolute Gasteiger partial charge is 0.508 e. The molecule has 10 aromatic carbocycles. The summed E-state index contributed by atoms with van der Waals surface area (Å²) in [6, 6.07) is 56.5. The van der Waals surface area contributed by atoms with E-state index in [1.54, 1.807) is 27.3 Å². The molecular weight excluding hydrogens is 1050 g/mol. The molecule has 0 fully saturated rings. The van der Waals surface area contributed by atoms with Gasteiger partial charge in [-0.2, -0.15) is 35.9 Å². The van der Waals surface area contributed by atoms with E-state index in [1.165, 1.54) is 0 Å². The first-order chi connectivity index (χ1) is 38.5. The van der Waals surface area contributed by atoms with Gasteiger partial charge in [-0.3, -0.25) is 4.57 Å². The maximum absolute atomic E-state index is 9.12. The van der Waals surface area contributed by atoms with Crippen LogP contribution in [-0.2, 0) is 26.5 Å². The van der Waals surface area contributed by atoms with E-state index >= 15 is 0 Å². The van der Waals surface area contributed by atoms with Crippen LogP contribution in [0.3, 0.4) is 0 Å². The molecule has 0 saturated carbocycles. The van der Waals surface area contributed by atoms with Crippen LogP contribution in [0.5, 0.6) is 11.5 Å². The Bertz CT molecular complexity index is 4570. The van der Waals surface area contributed by atoms with E-state index in [4.69, 9.17) is 18.4 Å². The number of nitrogens with zero attached hydrogens (tertiary/aromatic N) is 4. The second kappa shape index (κ2) is 17.6. The maximum Gasteiger partial charge on any atom is 4.00 e. The molecule has 5 nitrogen and oxygen atoms in total. The van der Waals surface area contributed by atoms with Crippen LogP contribution in [0.2, 0.25) is 0 Å². The van der Waals surface area contributed by atoms with Crippen LogP contribution in [0.1, 0.15) is 40.0 Å². The second-order valence-corrected chi connectivity index (χ2v) is 18.1. The molecular formula is C65H45N4OPt+. The summed E-state index contributed by atoms with van der Waals surface area (Å²) >= 11 is 0. The third-order valence-corrected chi connectivity index (χ3v) is 12.9. The number of benzene rings is 10. The Morgan fingerprint density at radius 2 is 1.10 bits per heavy atom. The number of fused-ring (bicyclic) bond motifs is 7. The fraction of sp³-hybridized carbons (Fsp3) is 0.0615. The van der Waals surface area contributed by atoms with Crippen LogP contribution in [-0.4, -0.2) is 13.7 Å². The molecule has 0 spiro atoms. The average Bonchev–Trinajstić information content (AvgIpc) is 4.24. The van der Waals surface area contributed by atoms with Gasteiger partial charge in [0.2, 0.25) is 0 Å². The van der Waals surface area contributed by atoms with Gasteiger partial charge in [0.05, 0.1) is 30.4 Å². The average molecular weight is 1100 g/mol. The standard InChI is InChI=1S/C65H45N4O.Pt/c1-65(2,3)46-25-18-27-48(39-46)68-56-34-13-12-31-54(56)55-41-62(69-57-35-14-10-29-52(57)53-30-11-15-36-58(53)69)63(42-61(55)68)70-49-28-19-26-47(40-49)66-43-67(60-38-17-16-37-59(60)66)64-50(44-21-6-4-7-22-44)32-20-33-51(64)45-23-8-5-9-24-45;/h4-26,28-39,41H,1-3H3;/q-3;+4/i4D,5D,6D,7D,8D,9D,21D,22D,23D,24D;. The second-order valence-electron chi connectivity index (χ2n) is 18.1. The van der Waals surface area contributed by atoms with Crippen LogP contribution < -0.4 is 9.30 Å². The zero-order chi connectivity index (χ0) is 55.6. The topological polar surface area (TPSA) is 27.9 Å². The monoisotopic (exact) mass is 1100 g/mol. The van der Waals surface area contributed by atoms with Gasteiger partial charge in [0.1, 0.15) is 0 Å². The van der Waals surface area contributed by atoms with Gasteiger partial charge in [-0.05, 0) is 62.6 Å². The third kappa shape index (κ3) is 7.48. The third-order valence-electron chi connectivity index (χ3n) is 12.9. The minimum Gasteiger partial charge on any atom is -0.508 e. The van der Waals surface area contributed by atoms with Gasteiger partial charge < -0.3 is 18.4 Å². The Labute approximate surface area is 441 Å². The predicted molar refractivity (Wildman–Crippen MR) is 285 cm³/mol. The van der Waals surface area contributed by atoms with Crippen molar-refractivity contribution in [3.63, 3.8) is 0 Å². The fourth-order valence-electron chi connectivity index (χ4n) is 9.73. The van der Waals surface area contributed by atoms with Crippen molar-refractivity contribution in [3.05, 3.63) is 248 Å². The summed E-state index contributed by atoms with van der Waals surface area (Å²) in [4.78, 5) is 0. The van der Waals surface area contributed by atoms with Crippen molar-refractivity contribution >= 4 is 54.6 Å². The van der Waals surface area contributed by atoms with E-state index < -0.39 is 60.4 Å². The van der Waals surface area contributed by atoms with E-state index in [2.05, 4.69) is 109 Å². The maximum atomic E-state index is 9.12. The molecule has 0 bridgehead atoms. The number of imidazole rings is 1. The van der Waals surface area contributed by atoms with Crippen molar-refractivity contribution in [2.24, 2.45) is 0 Å². The molecule has 0 saturated heterocycles. The zero-order valence-electron chi connectivity index (χ0n) is 48.5. The van der Waals surface area contributed by atoms with Crippen molar-refractivity contribution in [1.82, 2.24) is 13.7 Å². The van der Waals surface area contributed by atoms with E-state index in [0.717, 1.165) is 60.5 Å². The van der Waals surface area contributed by atoms with E-state index in [0.29, 0.717) is 28.2 Å². The first-order valence-electron chi connectivity index (χ1n) is 28.0. The Morgan fingerprint density at radius 3 is 1.73 bits per heavy atom. The Hall–Kier alpha value is -8.24. The number of rotatable bonds is 8. The van der Waals surface area contributed by atoms with Gasteiger partial charge in [0.15, 0.2) is 0 Å². The molecule has 6 heteroatoms. The van der Waals surface area contributed by atoms with Gasteiger partial charge in [0.25, 0.3) is 6.33 Å². The van der Waals surface area contributed by atoms with Gasteiger partial charge in [-0.25, -0.2) is 0 Å². The summed E-state index contributed by atoms with van der Waals surface area (Å²) in [5.74, 6) is 0.752. The SMILES string of the molecule is [2H]c1c([2H])c([2H])c(-c2cccc(-c3c([2H])c([2H])c([2H])c([2H])c3[2H])c2-[n+]2[c-]n(-c3[c-]c(Oc4[c-]c5c(cc4-n4c6ccccc6c6ccccc64)c4ccccc4n5-c4[c-]ccc(C(C)(C)C)c4)ccc3)c3ccccc32)c([2H])c1[2H].[Pt+4]. The van der Waals surface area contributed by atoms with Crippen molar-refractivity contribution < 1.29 is 44.1 Å². The molecule has 0 atom stereocenters. The molecule has 0 aliphatic rings. The number of aromatic nitrogens is 4. The van der Waals surface area contributed by atoms with Crippen LogP contribution >= 0.6 is 0 Å². The number of ether oxygens (including phenoxy) is 1. The van der Waals surface area contributed by atoms with Crippen molar-refractivity contribution in [2.45, 2.75) is 26.2 Å². The van der Waals surface area contributed by atoms with Gasteiger partial charge in [-0.15, -0.1) is 30.3 Å². The molecule has 0 N–H and O–H groups in total. The number of hydrogen-bond donors (Lipinski definition) is 0. The van der Waals surface area contributed by atoms with Crippen LogP contribution in [0.25, 0.3) is 99.6 Å². The molecule has 0 amide bonds. The molecule has 0 unspecified atom stereocenters. The molecule has 13 aromatic rings. The molecule has 340 valence electrons. The van der Waals surface area contributed by atoms with Crippen molar-refractivity contribution in [1.29, 1.82) is 0 Å². The summed E-state index contributed by atoms with van der Waals surface area (Å²) in [6.45, 7) is 6.58. The van der Waals surface area contributed by atoms with Crippen molar-refractivity contribution in [3.8, 4) is 56.5 Å². The van der Waals surface area contributed by atoms with Gasteiger partial charge in [-0.1, -0.05) is 195 Å². The van der Waals surface area contributed by atoms with E-state index in [1.807, 2.05) is 84.9 Å². The summed E-state index contributed by atoms with van der Waals surface area (Å²) in [6.07, 6.45) is 3.47. The summed E-state index contributed by atoms with van der Waals surface area (Å²) in [7, 11) is 0. The molecule has 3 heterocycles. The van der Waals surface area contributed by atoms with E-state index in [9.17, 15) is 0 Å². The predicted octanol–water partition coefficient (Wildman–Crippen LogP) is 15.7. The largest absolute Gasteiger partial charge is 4.00 e. The molecule has 0 aliphatic carbocycles. The van der Waals surface area contributed by atoms with Gasteiger partial charge in [0, 0.05) is 38.8 Å². The summed E-state index contributed by atoms with van der Waals surface area (Å²) in [5.41, 5.74) is 8.07. The molecule has 0 aliphatic heterocycles. The molecule has 0 radical (unpaired) electrons. The Balaban J connectivity index is 0.00000651. The minimum atomic E-state index is -0.577. The van der Waals surface area contributed by atoms with Crippen LogP contribution in [0.4, 0.5) is 0 Å². The van der Waals surface area contributed by atoms with Crippen LogP contribution in [0, 0.1) is 24.5 Å². The minimum absolute atomic E-state index is 0. The molecule has 13 rings (SSSR count). The van der Waals surface area contributed by atoms with E-state index in [-0.39, 0.29) is 54.4 Å². The number of para-hydroxylation sites is 6. The normalized spacial score (nSPS) is 13.7. The first kappa shape index (κ1) is 34.1. The quantitative estimate of drug-likeness (QED) is 0.110. The molecule has 71 heavy (non-hydrogen) atoms. The zero-order valence-corrected chi connectivity index (χ0v) is 40.8. The van der Waals surface area contributed by atoms with Crippen LogP contribution in [0.15, 0.2) is 218 Å². The summed E-state index contributed by atoms with van der Waals surface area (Å²) < 4.78 is 103. The fourth-order valence-corrected chi connectivity index (χ4v) is 9.73. The van der Waals surface area contributed by atoms with Crippen molar-refractivity contribution in [2.75, 3.05) is 0 Å². The van der Waals surface area contributed by atoms with Gasteiger partial charge >= 0.3 is 21.1 Å². The Kier molecular flexibility index (Phi) is 8.47.